The smallest absolute Gasteiger partial charge is 0.227 e. The first kappa shape index (κ1) is 15.0. The Labute approximate surface area is 122 Å². The lowest BCUT2D eigenvalue weighted by Crippen LogP contribution is -2.43. The van der Waals surface area contributed by atoms with Crippen molar-refractivity contribution >= 4 is 11.6 Å². The molecule has 3 nitrogen and oxygen atoms in total. The Kier molecular flexibility index (Phi) is 5.18. The third-order valence-electron chi connectivity index (χ3n) is 4.48. The van der Waals surface area contributed by atoms with Gasteiger partial charge < -0.3 is 10.6 Å². The van der Waals surface area contributed by atoms with Gasteiger partial charge in [0.2, 0.25) is 5.91 Å². The van der Waals surface area contributed by atoms with Gasteiger partial charge in [0.1, 0.15) is 0 Å². The number of carbonyl (C=O) groups is 1. The van der Waals surface area contributed by atoms with Crippen LogP contribution in [0.4, 0.5) is 5.69 Å². The molecule has 1 aromatic carbocycles. The van der Waals surface area contributed by atoms with E-state index in [-0.39, 0.29) is 11.3 Å². The summed E-state index contributed by atoms with van der Waals surface area (Å²) in [7, 11) is 0. The van der Waals surface area contributed by atoms with Crippen LogP contribution in [0.5, 0.6) is 0 Å². The van der Waals surface area contributed by atoms with Crippen molar-refractivity contribution in [2.24, 2.45) is 11.1 Å². The molecular weight excluding hydrogens is 248 g/mol. The number of rotatable bonds is 7. The van der Waals surface area contributed by atoms with Crippen LogP contribution in [-0.4, -0.2) is 19.0 Å². The molecule has 2 rings (SSSR count). The van der Waals surface area contributed by atoms with Crippen molar-refractivity contribution in [3.8, 4) is 0 Å². The minimum absolute atomic E-state index is 0.0797. The number of anilines is 1. The predicted octanol–water partition coefficient (Wildman–Crippen LogP) is 3.34. The van der Waals surface area contributed by atoms with Crippen LogP contribution in [0.25, 0.3) is 0 Å². The van der Waals surface area contributed by atoms with E-state index in [9.17, 15) is 4.79 Å². The summed E-state index contributed by atoms with van der Waals surface area (Å²) in [6.07, 6.45) is 6.15. The normalized spacial score (nSPS) is 16.5. The van der Waals surface area contributed by atoms with Crippen LogP contribution in [0.15, 0.2) is 30.3 Å². The van der Waals surface area contributed by atoms with E-state index in [1.165, 1.54) is 6.42 Å². The maximum absolute atomic E-state index is 12.7. The molecule has 1 aromatic rings. The minimum atomic E-state index is 0.0797. The highest BCUT2D eigenvalue weighted by Gasteiger charge is 2.38. The summed E-state index contributed by atoms with van der Waals surface area (Å²) >= 11 is 0. The molecule has 1 aliphatic rings. The number of carbonyl (C=O) groups excluding carboxylic acids is 1. The van der Waals surface area contributed by atoms with Crippen molar-refractivity contribution in [3.63, 3.8) is 0 Å². The van der Waals surface area contributed by atoms with Crippen molar-refractivity contribution in [2.75, 3.05) is 18.0 Å². The molecule has 20 heavy (non-hydrogen) atoms. The Balaban J connectivity index is 2.08. The first-order valence-electron chi connectivity index (χ1n) is 7.76. The Morgan fingerprint density at radius 1 is 1.30 bits per heavy atom. The number of nitrogens with two attached hydrogens (primary N) is 1. The predicted molar refractivity (Wildman–Crippen MR) is 83.7 cm³/mol. The number of hydrogen-bond donors (Lipinski definition) is 1. The number of unbranched alkanes of at least 4 members (excludes halogenated alkanes) is 1. The highest BCUT2D eigenvalue weighted by atomic mass is 16.2. The van der Waals surface area contributed by atoms with Gasteiger partial charge in [-0.15, -0.1) is 0 Å². The molecule has 110 valence electrons. The van der Waals surface area contributed by atoms with Gasteiger partial charge >= 0.3 is 0 Å². The van der Waals surface area contributed by atoms with Crippen LogP contribution in [0, 0.1) is 5.41 Å². The summed E-state index contributed by atoms with van der Waals surface area (Å²) in [6.45, 7) is 3.59. The summed E-state index contributed by atoms with van der Waals surface area (Å²) in [6, 6.07) is 10.00. The monoisotopic (exact) mass is 274 g/mol. The lowest BCUT2D eigenvalue weighted by Gasteiger charge is -2.41. The van der Waals surface area contributed by atoms with Gasteiger partial charge in [-0.25, -0.2) is 0 Å². The van der Waals surface area contributed by atoms with Crippen LogP contribution < -0.4 is 10.6 Å². The van der Waals surface area contributed by atoms with Crippen molar-refractivity contribution in [1.82, 2.24) is 0 Å². The van der Waals surface area contributed by atoms with Gasteiger partial charge in [0.25, 0.3) is 0 Å². The molecule has 0 unspecified atom stereocenters. The molecule has 1 fully saturated rings. The van der Waals surface area contributed by atoms with Crippen molar-refractivity contribution < 1.29 is 4.79 Å². The third-order valence-corrected chi connectivity index (χ3v) is 4.48. The lowest BCUT2D eigenvalue weighted by atomic mass is 9.66. The molecule has 1 saturated carbocycles. The number of para-hydroxylation sites is 1. The first-order valence-corrected chi connectivity index (χ1v) is 7.76. The van der Waals surface area contributed by atoms with Crippen molar-refractivity contribution in [1.29, 1.82) is 0 Å². The van der Waals surface area contributed by atoms with Gasteiger partial charge in [-0.2, -0.15) is 0 Å². The maximum atomic E-state index is 12.7. The van der Waals surface area contributed by atoms with E-state index in [2.05, 4.69) is 6.92 Å². The fourth-order valence-electron chi connectivity index (χ4n) is 2.87. The van der Waals surface area contributed by atoms with E-state index in [1.807, 2.05) is 35.2 Å². The summed E-state index contributed by atoms with van der Waals surface area (Å²) in [5.41, 5.74) is 6.98. The largest absolute Gasteiger partial charge is 0.330 e. The fourth-order valence-corrected chi connectivity index (χ4v) is 2.87. The van der Waals surface area contributed by atoms with E-state index >= 15 is 0 Å². The van der Waals surface area contributed by atoms with Crippen LogP contribution in [-0.2, 0) is 4.79 Å². The SMILES string of the molecule is CCCCN(C(=O)CC1(CN)CCC1)c1ccccc1. The second-order valence-electron chi connectivity index (χ2n) is 5.97. The van der Waals surface area contributed by atoms with E-state index in [0.29, 0.717) is 13.0 Å². The third kappa shape index (κ3) is 3.40. The molecule has 3 heteroatoms. The lowest BCUT2D eigenvalue weighted by molar-refractivity contribution is -0.122. The van der Waals surface area contributed by atoms with Crippen molar-refractivity contribution in [2.45, 2.75) is 45.4 Å². The molecule has 1 aliphatic carbocycles. The number of nitrogens with zero attached hydrogens (tertiary/aromatic N) is 1. The van der Waals surface area contributed by atoms with Gasteiger partial charge in [0.05, 0.1) is 0 Å². The molecule has 0 aliphatic heterocycles. The number of amides is 1. The standard InChI is InChI=1S/C17H26N2O/c1-2-3-12-19(15-8-5-4-6-9-15)16(20)13-17(14-18)10-7-11-17/h4-6,8-9H,2-3,7,10-14,18H2,1H3. The highest BCUT2D eigenvalue weighted by Crippen LogP contribution is 2.43. The van der Waals surface area contributed by atoms with Gasteiger partial charge in [0.15, 0.2) is 0 Å². The average molecular weight is 274 g/mol. The second-order valence-corrected chi connectivity index (χ2v) is 5.97. The topological polar surface area (TPSA) is 46.3 Å². The van der Waals surface area contributed by atoms with Crippen LogP contribution in [0.1, 0.15) is 45.4 Å². The van der Waals surface area contributed by atoms with Crippen LogP contribution in [0.3, 0.4) is 0 Å². The van der Waals surface area contributed by atoms with E-state index in [0.717, 1.165) is 37.9 Å². The average Bonchev–Trinajstić information content (AvgIpc) is 2.44. The van der Waals surface area contributed by atoms with Gasteiger partial charge in [-0.05, 0) is 43.4 Å². The Morgan fingerprint density at radius 2 is 2.00 bits per heavy atom. The first-order chi connectivity index (χ1) is 9.71. The minimum Gasteiger partial charge on any atom is -0.330 e. The molecule has 0 spiro atoms. The summed E-state index contributed by atoms with van der Waals surface area (Å²) in [5, 5.41) is 0. The molecule has 1 amide bonds. The number of hydrogen-bond acceptors (Lipinski definition) is 2. The molecular formula is C17H26N2O. The maximum Gasteiger partial charge on any atom is 0.227 e. The van der Waals surface area contributed by atoms with Crippen LogP contribution >= 0.6 is 0 Å². The molecule has 0 aromatic heterocycles. The summed E-state index contributed by atoms with van der Waals surface area (Å²) in [5.74, 6) is 0.231. The fraction of sp³-hybridized carbons (Fsp3) is 0.588. The number of benzene rings is 1. The van der Waals surface area contributed by atoms with E-state index in [4.69, 9.17) is 5.73 Å². The van der Waals surface area contributed by atoms with Gasteiger partial charge in [0, 0.05) is 18.7 Å². The summed E-state index contributed by atoms with van der Waals surface area (Å²) in [4.78, 5) is 14.6. The Morgan fingerprint density at radius 3 is 2.50 bits per heavy atom. The Bertz CT molecular complexity index is 420. The molecule has 2 N–H and O–H groups in total. The van der Waals surface area contributed by atoms with E-state index in [1.54, 1.807) is 0 Å². The van der Waals surface area contributed by atoms with Gasteiger partial charge in [-0.3, -0.25) is 4.79 Å². The zero-order chi connectivity index (χ0) is 14.4. The zero-order valence-corrected chi connectivity index (χ0v) is 12.5. The molecule has 0 atom stereocenters. The van der Waals surface area contributed by atoms with E-state index < -0.39 is 0 Å². The Hall–Kier alpha value is -1.35. The molecule has 0 heterocycles. The van der Waals surface area contributed by atoms with Gasteiger partial charge in [-0.1, -0.05) is 38.0 Å². The molecule has 0 saturated heterocycles. The zero-order valence-electron chi connectivity index (χ0n) is 12.5. The van der Waals surface area contributed by atoms with Crippen LogP contribution in [0.2, 0.25) is 0 Å². The van der Waals surface area contributed by atoms with Crippen molar-refractivity contribution in [3.05, 3.63) is 30.3 Å². The molecule has 0 bridgehead atoms. The second kappa shape index (κ2) is 6.89. The summed E-state index contributed by atoms with van der Waals surface area (Å²) < 4.78 is 0. The quantitative estimate of drug-likeness (QED) is 0.829. The highest BCUT2D eigenvalue weighted by molar-refractivity contribution is 5.93. The molecule has 0 radical (unpaired) electrons.